The van der Waals surface area contributed by atoms with Crippen molar-refractivity contribution in [1.82, 2.24) is 10.2 Å². The van der Waals surface area contributed by atoms with E-state index in [4.69, 9.17) is 4.74 Å². The van der Waals surface area contributed by atoms with Crippen LogP contribution >= 0.6 is 0 Å². The Bertz CT molecular complexity index is 1190. The highest BCUT2D eigenvalue weighted by atomic mass is 32.2. The van der Waals surface area contributed by atoms with E-state index in [0.29, 0.717) is 24.5 Å². The van der Waals surface area contributed by atoms with Crippen LogP contribution in [0, 0.1) is 6.92 Å². The van der Waals surface area contributed by atoms with Gasteiger partial charge in [-0.05, 0) is 56.4 Å². The Morgan fingerprint density at radius 1 is 1.03 bits per heavy atom. The number of hydrogen-bond donors (Lipinski definition) is 1. The largest absolute Gasteiger partial charge is 0.492 e. The summed E-state index contributed by atoms with van der Waals surface area (Å²) in [6.45, 7) is 5.76. The molecule has 1 saturated carbocycles. The van der Waals surface area contributed by atoms with Gasteiger partial charge in [0, 0.05) is 12.6 Å². The van der Waals surface area contributed by atoms with E-state index in [0.717, 1.165) is 47.4 Å². The Labute approximate surface area is 227 Å². The van der Waals surface area contributed by atoms with Crippen LogP contribution in [0.1, 0.15) is 63.5 Å². The number of rotatable bonds is 12. The van der Waals surface area contributed by atoms with Gasteiger partial charge in [0.25, 0.3) is 0 Å². The van der Waals surface area contributed by atoms with Crippen molar-refractivity contribution in [3.63, 3.8) is 0 Å². The fourth-order valence-electron chi connectivity index (χ4n) is 4.97. The molecular weight excluding hydrogens is 502 g/mol. The monoisotopic (exact) mass is 543 g/mol. The van der Waals surface area contributed by atoms with E-state index >= 15 is 0 Å². The zero-order valence-corrected chi connectivity index (χ0v) is 23.8. The standard InChI is InChI=1S/C29H41N3O5S/c1-5-25(29(34)30-24-16-8-7-9-17-24)31(20-23-15-11-10-14-22(23)3)28(33)21-32(38(4,35)36)26-18-12-13-19-27(26)37-6-2/h10-15,18-19,24-25H,5-9,16-17,20-21H2,1-4H3,(H,30,34)/t25-/m1/s1. The number of anilines is 1. The van der Waals surface area contributed by atoms with Crippen molar-refractivity contribution in [3.8, 4) is 5.75 Å². The van der Waals surface area contributed by atoms with E-state index in [9.17, 15) is 18.0 Å². The summed E-state index contributed by atoms with van der Waals surface area (Å²) < 4.78 is 32.6. The highest BCUT2D eigenvalue weighted by molar-refractivity contribution is 7.92. The number of carbonyl (C=O) groups excluding carboxylic acids is 2. The first-order valence-electron chi connectivity index (χ1n) is 13.5. The number of para-hydroxylation sites is 2. The van der Waals surface area contributed by atoms with Crippen LogP contribution in [-0.2, 0) is 26.2 Å². The van der Waals surface area contributed by atoms with E-state index in [2.05, 4.69) is 5.32 Å². The second-order valence-corrected chi connectivity index (χ2v) is 11.8. The molecule has 208 valence electrons. The number of hydrogen-bond acceptors (Lipinski definition) is 5. The van der Waals surface area contributed by atoms with E-state index < -0.39 is 28.5 Å². The fraction of sp³-hybridized carbons (Fsp3) is 0.517. The Morgan fingerprint density at radius 3 is 2.32 bits per heavy atom. The number of amides is 2. The van der Waals surface area contributed by atoms with Crippen LogP contribution in [0.15, 0.2) is 48.5 Å². The summed E-state index contributed by atoms with van der Waals surface area (Å²) in [5.41, 5.74) is 2.20. The summed E-state index contributed by atoms with van der Waals surface area (Å²) in [5, 5.41) is 3.16. The minimum absolute atomic E-state index is 0.103. The predicted molar refractivity (Wildman–Crippen MR) is 151 cm³/mol. The molecule has 1 aliphatic carbocycles. The normalized spacial score (nSPS) is 14.9. The molecule has 1 aliphatic rings. The maximum Gasteiger partial charge on any atom is 0.244 e. The van der Waals surface area contributed by atoms with Crippen molar-refractivity contribution in [2.75, 3.05) is 23.7 Å². The van der Waals surface area contributed by atoms with Gasteiger partial charge in [-0.25, -0.2) is 8.42 Å². The van der Waals surface area contributed by atoms with Crippen molar-refractivity contribution in [1.29, 1.82) is 0 Å². The zero-order valence-electron chi connectivity index (χ0n) is 23.0. The van der Waals surface area contributed by atoms with Gasteiger partial charge in [-0.2, -0.15) is 0 Å². The van der Waals surface area contributed by atoms with Crippen molar-refractivity contribution in [2.45, 2.75) is 77.9 Å². The number of sulfonamides is 1. The highest BCUT2D eigenvalue weighted by Gasteiger charge is 2.33. The van der Waals surface area contributed by atoms with Gasteiger partial charge in [0.1, 0.15) is 18.3 Å². The van der Waals surface area contributed by atoms with Crippen LogP contribution in [0.4, 0.5) is 5.69 Å². The third-order valence-electron chi connectivity index (χ3n) is 7.05. The quantitative estimate of drug-likeness (QED) is 0.428. The van der Waals surface area contributed by atoms with Gasteiger partial charge in [0.15, 0.2) is 0 Å². The molecule has 2 aromatic carbocycles. The molecule has 38 heavy (non-hydrogen) atoms. The molecule has 2 aromatic rings. The van der Waals surface area contributed by atoms with Crippen molar-refractivity contribution < 1.29 is 22.7 Å². The molecule has 0 bridgehead atoms. The lowest BCUT2D eigenvalue weighted by atomic mass is 9.95. The molecule has 2 amide bonds. The van der Waals surface area contributed by atoms with E-state index in [1.165, 1.54) is 11.3 Å². The Balaban J connectivity index is 1.95. The Morgan fingerprint density at radius 2 is 1.68 bits per heavy atom. The minimum Gasteiger partial charge on any atom is -0.492 e. The van der Waals surface area contributed by atoms with E-state index in [-0.39, 0.29) is 18.5 Å². The topological polar surface area (TPSA) is 96.0 Å². The third kappa shape index (κ3) is 7.72. The van der Waals surface area contributed by atoms with Gasteiger partial charge in [-0.15, -0.1) is 0 Å². The number of benzene rings is 2. The SMILES string of the molecule is CCOc1ccccc1N(CC(=O)N(Cc1ccccc1C)[C@H](CC)C(=O)NC1CCCCC1)S(C)(=O)=O. The summed E-state index contributed by atoms with van der Waals surface area (Å²) in [7, 11) is -3.84. The Kier molecular flexibility index (Phi) is 10.6. The van der Waals surface area contributed by atoms with Crippen LogP contribution in [-0.4, -0.2) is 56.6 Å². The van der Waals surface area contributed by atoms with Gasteiger partial charge in [-0.3, -0.25) is 13.9 Å². The number of nitrogens with one attached hydrogen (secondary N) is 1. The molecule has 0 spiro atoms. The molecule has 9 heteroatoms. The lowest BCUT2D eigenvalue weighted by Gasteiger charge is -2.34. The highest BCUT2D eigenvalue weighted by Crippen LogP contribution is 2.30. The van der Waals surface area contributed by atoms with Gasteiger partial charge in [0.05, 0.1) is 18.6 Å². The molecule has 0 aromatic heterocycles. The fourth-order valence-corrected chi connectivity index (χ4v) is 5.82. The molecule has 0 unspecified atom stereocenters. The Hall–Kier alpha value is -3.07. The molecule has 0 radical (unpaired) electrons. The summed E-state index contributed by atoms with van der Waals surface area (Å²) >= 11 is 0. The molecule has 1 N–H and O–H groups in total. The minimum atomic E-state index is -3.84. The first-order valence-corrected chi connectivity index (χ1v) is 15.3. The van der Waals surface area contributed by atoms with Gasteiger partial charge < -0.3 is 15.0 Å². The summed E-state index contributed by atoms with van der Waals surface area (Å²) in [5.74, 6) is -0.265. The predicted octanol–water partition coefficient (Wildman–Crippen LogP) is 4.42. The molecule has 0 saturated heterocycles. The molecule has 0 aliphatic heterocycles. The van der Waals surface area contributed by atoms with E-state index in [1.807, 2.05) is 45.0 Å². The van der Waals surface area contributed by atoms with Gasteiger partial charge in [-0.1, -0.05) is 62.6 Å². The number of nitrogens with zero attached hydrogens (tertiary/aromatic N) is 2. The average Bonchev–Trinajstić information content (AvgIpc) is 2.88. The van der Waals surface area contributed by atoms with Crippen LogP contribution < -0.4 is 14.4 Å². The number of ether oxygens (including phenoxy) is 1. The second-order valence-electron chi connectivity index (χ2n) is 9.89. The van der Waals surface area contributed by atoms with Crippen LogP contribution in [0.2, 0.25) is 0 Å². The summed E-state index contributed by atoms with van der Waals surface area (Å²) in [4.78, 5) is 29.0. The molecule has 3 rings (SSSR count). The summed E-state index contributed by atoms with van der Waals surface area (Å²) in [6, 6.07) is 13.9. The average molecular weight is 544 g/mol. The van der Waals surface area contributed by atoms with Crippen molar-refractivity contribution >= 4 is 27.5 Å². The number of carbonyl (C=O) groups is 2. The molecular formula is C29H41N3O5S. The lowest BCUT2D eigenvalue weighted by Crippen LogP contribution is -2.54. The van der Waals surface area contributed by atoms with Crippen molar-refractivity contribution in [2.24, 2.45) is 0 Å². The lowest BCUT2D eigenvalue weighted by molar-refractivity contribution is -0.140. The van der Waals surface area contributed by atoms with Gasteiger partial charge >= 0.3 is 0 Å². The van der Waals surface area contributed by atoms with Gasteiger partial charge in [0.2, 0.25) is 21.8 Å². The van der Waals surface area contributed by atoms with Crippen LogP contribution in [0.3, 0.4) is 0 Å². The third-order valence-corrected chi connectivity index (χ3v) is 8.18. The molecule has 8 nitrogen and oxygen atoms in total. The van der Waals surface area contributed by atoms with Crippen LogP contribution in [0.25, 0.3) is 0 Å². The molecule has 0 heterocycles. The van der Waals surface area contributed by atoms with Crippen molar-refractivity contribution in [3.05, 3.63) is 59.7 Å². The maximum atomic E-state index is 14.0. The second kappa shape index (κ2) is 13.6. The first-order chi connectivity index (χ1) is 18.2. The smallest absolute Gasteiger partial charge is 0.244 e. The molecule has 1 atom stereocenters. The zero-order chi connectivity index (χ0) is 27.7. The van der Waals surface area contributed by atoms with Crippen LogP contribution in [0.5, 0.6) is 5.75 Å². The summed E-state index contributed by atoms with van der Waals surface area (Å²) in [6.07, 6.45) is 6.68. The number of aryl methyl sites for hydroxylation is 1. The maximum absolute atomic E-state index is 14.0. The molecule has 1 fully saturated rings. The van der Waals surface area contributed by atoms with E-state index in [1.54, 1.807) is 24.3 Å². The first kappa shape index (κ1) is 29.5.